The zero-order valence-corrected chi connectivity index (χ0v) is 13.5. The van der Waals surface area contributed by atoms with E-state index in [1.165, 1.54) is 0 Å². The molecule has 0 saturated heterocycles. The average molecular weight is 343 g/mol. The number of hydrogen-bond donors (Lipinski definition) is 3. The molecule has 0 radical (unpaired) electrons. The minimum atomic E-state index is -0.204. The molecule has 0 atom stereocenters. The molecule has 0 aliphatic rings. The second-order valence-corrected chi connectivity index (χ2v) is 5.89. The molecule has 3 heterocycles. The summed E-state index contributed by atoms with van der Waals surface area (Å²) >= 11 is 0. The standard InChI is InChI=1S/C19H13N5O2/c25-19(13-4-1-3-11-10-20-24-17(11)13)21-12-6-7-14-15(9-12)23-18(22-14)16-5-2-8-26-16/h1-10H,(H,20,24)(H,21,25)(H,22,23). The van der Waals surface area contributed by atoms with Crippen molar-refractivity contribution in [3.8, 4) is 11.6 Å². The van der Waals surface area contributed by atoms with Crippen molar-refractivity contribution in [3.63, 3.8) is 0 Å². The molecular weight excluding hydrogens is 330 g/mol. The topological polar surface area (TPSA) is 99.6 Å². The summed E-state index contributed by atoms with van der Waals surface area (Å²) in [5.74, 6) is 1.11. The van der Waals surface area contributed by atoms with Gasteiger partial charge in [-0.2, -0.15) is 5.10 Å². The van der Waals surface area contributed by atoms with Gasteiger partial charge in [-0.15, -0.1) is 0 Å². The molecule has 0 aliphatic heterocycles. The van der Waals surface area contributed by atoms with Gasteiger partial charge in [-0.1, -0.05) is 12.1 Å². The van der Waals surface area contributed by atoms with Gasteiger partial charge in [0.05, 0.1) is 34.6 Å². The first-order valence-electron chi connectivity index (χ1n) is 8.05. The third-order valence-electron chi connectivity index (χ3n) is 4.22. The molecule has 7 nitrogen and oxygen atoms in total. The van der Waals surface area contributed by atoms with Gasteiger partial charge in [0.1, 0.15) is 0 Å². The number of carbonyl (C=O) groups is 1. The van der Waals surface area contributed by atoms with Crippen molar-refractivity contribution in [2.24, 2.45) is 0 Å². The number of fused-ring (bicyclic) bond motifs is 2. The lowest BCUT2D eigenvalue weighted by Gasteiger charge is -2.06. The van der Waals surface area contributed by atoms with Gasteiger partial charge in [-0.3, -0.25) is 9.89 Å². The first kappa shape index (κ1) is 14.5. The number of H-pyrrole nitrogens is 2. The van der Waals surface area contributed by atoms with Gasteiger partial charge in [0.25, 0.3) is 5.91 Å². The number of aromatic nitrogens is 4. The van der Waals surface area contributed by atoms with Crippen LogP contribution in [0.25, 0.3) is 33.5 Å². The van der Waals surface area contributed by atoms with Crippen LogP contribution in [0.15, 0.2) is 65.4 Å². The Balaban J connectivity index is 1.47. The number of para-hydroxylation sites is 1. The van der Waals surface area contributed by atoms with Gasteiger partial charge in [-0.25, -0.2) is 4.98 Å². The second kappa shape index (κ2) is 5.59. The second-order valence-electron chi connectivity index (χ2n) is 5.89. The van der Waals surface area contributed by atoms with E-state index >= 15 is 0 Å². The minimum Gasteiger partial charge on any atom is -0.461 e. The van der Waals surface area contributed by atoms with Crippen LogP contribution in [-0.4, -0.2) is 26.1 Å². The minimum absolute atomic E-state index is 0.204. The van der Waals surface area contributed by atoms with Gasteiger partial charge in [-0.05, 0) is 36.4 Å². The van der Waals surface area contributed by atoms with Crippen molar-refractivity contribution >= 4 is 33.5 Å². The van der Waals surface area contributed by atoms with E-state index in [2.05, 4.69) is 25.5 Å². The van der Waals surface area contributed by atoms with Crippen molar-refractivity contribution < 1.29 is 9.21 Å². The Labute approximate surface area is 147 Å². The fourth-order valence-corrected chi connectivity index (χ4v) is 2.97. The van der Waals surface area contributed by atoms with Crippen LogP contribution >= 0.6 is 0 Å². The van der Waals surface area contributed by atoms with Crippen LogP contribution in [0.3, 0.4) is 0 Å². The summed E-state index contributed by atoms with van der Waals surface area (Å²) in [6, 6.07) is 14.7. The predicted molar refractivity (Wildman–Crippen MR) is 97.8 cm³/mol. The molecule has 26 heavy (non-hydrogen) atoms. The van der Waals surface area contributed by atoms with Gasteiger partial charge >= 0.3 is 0 Å². The van der Waals surface area contributed by atoms with E-state index in [1.54, 1.807) is 18.5 Å². The van der Waals surface area contributed by atoms with Crippen LogP contribution in [0.2, 0.25) is 0 Å². The van der Waals surface area contributed by atoms with Crippen molar-refractivity contribution in [1.82, 2.24) is 20.2 Å². The number of aromatic amines is 2. The number of nitrogens with one attached hydrogen (secondary N) is 3. The Morgan fingerprint density at radius 1 is 1.12 bits per heavy atom. The largest absolute Gasteiger partial charge is 0.461 e. The summed E-state index contributed by atoms with van der Waals surface area (Å²) in [6.45, 7) is 0. The molecule has 3 aromatic heterocycles. The van der Waals surface area contributed by atoms with E-state index < -0.39 is 0 Å². The number of hydrogen-bond acceptors (Lipinski definition) is 4. The lowest BCUT2D eigenvalue weighted by molar-refractivity contribution is 0.102. The molecule has 5 rings (SSSR count). The highest BCUT2D eigenvalue weighted by molar-refractivity contribution is 6.12. The smallest absolute Gasteiger partial charge is 0.257 e. The molecule has 0 saturated carbocycles. The summed E-state index contributed by atoms with van der Waals surface area (Å²) < 4.78 is 5.36. The van der Waals surface area contributed by atoms with Crippen molar-refractivity contribution in [1.29, 1.82) is 0 Å². The monoisotopic (exact) mass is 343 g/mol. The molecule has 0 aliphatic carbocycles. The predicted octanol–water partition coefficient (Wildman–Crippen LogP) is 3.95. The van der Waals surface area contributed by atoms with E-state index in [-0.39, 0.29) is 5.91 Å². The van der Waals surface area contributed by atoms with E-state index in [4.69, 9.17) is 4.42 Å². The Morgan fingerprint density at radius 2 is 2.08 bits per heavy atom. The van der Waals surface area contributed by atoms with Crippen LogP contribution in [0.5, 0.6) is 0 Å². The lowest BCUT2D eigenvalue weighted by atomic mass is 10.1. The number of furan rings is 1. The zero-order valence-electron chi connectivity index (χ0n) is 13.5. The van der Waals surface area contributed by atoms with Crippen LogP contribution in [0, 0.1) is 0 Å². The first-order chi connectivity index (χ1) is 12.8. The summed E-state index contributed by atoms with van der Waals surface area (Å²) in [6.07, 6.45) is 3.29. The number of rotatable bonds is 3. The van der Waals surface area contributed by atoms with Crippen LogP contribution < -0.4 is 5.32 Å². The number of anilines is 1. The fraction of sp³-hybridized carbons (Fsp3) is 0. The molecule has 0 fully saturated rings. The number of nitrogens with zero attached hydrogens (tertiary/aromatic N) is 2. The first-order valence-corrected chi connectivity index (χ1v) is 8.05. The summed E-state index contributed by atoms with van der Waals surface area (Å²) in [5, 5.41) is 10.7. The third kappa shape index (κ3) is 2.34. The summed E-state index contributed by atoms with van der Waals surface area (Å²) in [4.78, 5) is 20.4. The molecule has 5 aromatic rings. The van der Waals surface area contributed by atoms with Crippen molar-refractivity contribution in [3.05, 3.63) is 66.6 Å². The Kier molecular flexibility index (Phi) is 3.11. The van der Waals surface area contributed by atoms with Crippen LogP contribution in [-0.2, 0) is 0 Å². The van der Waals surface area contributed by atoms with E-state index in [1.807, 2.05) is 42.5 Å². The molecule has 0 unspecified atom stereocenters. The molecule has 7 heteroatoms. The third-order valence-corrected chi connectivity index (χ3v) is 4.22. The van der Waals surface area contributed by atoms with Gasteiger partial charge in [0, 0.05) is 11.1 Å². The maximum atomic E-state index is 12.7. The summed E-state index contributed by atoms with van der Waals surface area (Å²) in [7, 11) is 0. The lowest BCUT2D eigenvalue weighted by Crippen LogP contribution is -2.12. The molecular formula is C19H13N5O2. The maximum absolute atomic E-state index is 12.7. The van der Waals surface area contributed by atoms with Crippen molar-refractivity contribution in [2.45, 2.75) is 0 Å². The highest BCUT2D eigenvalue weighted by Crippen LogP contribution is 2.24. The average Bonchev–Trinajstić information content (AvgIpc) is 3.39. The van der Waals surface area contributed by atoms with E-state index in [0.717, 1.165) is 16.4 Å². The highest BCUT2D eigenvalue weighted by Gasteiger charge is 2.13. The molecule has 3 N–H and O–H groups in total. The van der Waals surface area contributed by atoms with E-state index in [9.17, 15) is 4.79 Å². The normalized spacial score (nSPS) is 11.2. The van der Waals surface area contributed by atoms with Gasteiger partial charge in [0.15, 0.2) is 11.6 Å². The van der Waals surface area contributed by atoms with Gasteiger partial charge < -0.3 is 14.7 Å². The van der Waals surface area contributed by atoms with Crippen LogP contribution in [0.4, 0.5) is 5.69 Å². The SMILES string of the molecule is O=C(Nc1ccc2nc(-c3ccco3)[nH]c2c1)c1cccc2cn[nH]c12. The van der Waals surface area contributed by atoms with Crippen LogP contribution in [0.1, 0.15) is 10.4 Å². The molecule has 2 aromatic carbocycles. The van der Waals surface area contributed by atoms with E-state index in [0.29, 0.717) is 28.4 Å². The zero-order chi connectivity index (χ0) is 17.5. The van der Waals surface area contributed by atoms with Gasteiger partial charge in [0.2, 0.25) is 0 Å². The summed E-state index contributed by atoms with van der Waals surface area (Å²) in [5.41, 5.74) is 3.54. The number of carbonyl (C=O) groups excluding carboxylic acids is 1. The molecule has 0 bridgehead atoms. The Hall–Kier alpha value is -3.87. The molecule has 0 spiro atoms. The fourth-order valence-electron chi connectivity index (χ4n) is 2.97. The highest BCUT2D eigenvalue weighted by atomic mass is 16.3. The van der Waals surface area contributed by atoms with Crippen molar-refractivity contribution in [2.75, 3.05) is 5.32 Å². The number of benzene rings is 2. The quantitative estimate of drug-likeness (QED) is 0.462. The Morgan fingerprint density at radius 3 is 2.96 bits per heavy atom. The Bertz CT molecular complexity index is 1230. The number of imidazole rings is 1. The molecule has 126 valence electrons. The number of amides is 1. The molecule has 1 amide bonds. The maximum Gasteiger partial charge on any atom is 0.257 e.